The Morgan fingerprint density at radius 3 is 2.50 bits per heavy atom. The first-order chi connectivity index (χ1) is 15.4. The van der Waals surface area contributed by atoms with Gasteiger partial charge in [0.1, 0.15) is 11.4 Å². The predicted octanol–water partition coefficient (Wildman–Crippen LogP) is 6.40. The third-order valence-corrected chi connectivity index (χ3v) is 7.89. The molecule has 172 valence electrons. The number of halogens is 2. The Kier molecular flexibility index (Phi) is 7.34. The number of ether oxygens (including phenoxy) is 1. The minimum absolute atomic E-state index is 0.00147. The smallest absolute Gasteiger partial charge is 0.223 e. The summed E-state index contributed by atoms with van der Waals surface area (Å²) in [6.07, 6.45) is 4.41. The van der Waals surface area contributed by atoms with Gasteiger partial charge in [0.15, 0.2) is 0 Å². The van der Waals surface area contributed by atoms with Crippen molar-refractivity contribution in [2.45, 2.75) is 64.1 Å². The summed E-state index contributed by atoms with van der Waals surface area (Å²) in [5.41, 5.74) is 2.03. The van der Waals surface area contributed by atoms with E-state index in [0.717, 1.165) is 68.6 Å². The molecule has 1 unspecified atom stereocenters. The number of likely N-dealkylation sites (tertiary alicyclic amines) is 1. The van der Waals surface area contributed by atoms with Crippen LogP contribution in [0.15, 0.2) is 42.5 Å². The first-order valence-corrected chi connectivity index (χ1v) is 12.4. The van der Waals surface area contributed by atoms with E-state index in [1.165, 1.54) is 0 Å². The lowest BCUT2D eigenvalue weighted by Crippen LogP contribution is -2.47. The van der Waals surface area contributed by atoms with Gasteiger partial charge in [-0.2, -0.15) is 0 Å². The van der Waals surface area contributed by atoms with Gasteiger partial charge in [0.25, 0.3) is 0 Å². The van der Waals surface area contributed by atoms with Gasteiger partial charge in [0, 0.05) is 24.4 Å². The van der Waals surface area contributed by atoms with Gasteiger partial charge < -0.3 is 10.1 Å². The van der Waals surface area contributed by atoms with Crippen LogP contribution in [-0.2, 0) is 11.3 Å². The molecule has 2 heterocycles. The standard InChI is InChI=1S/C26H32Cl2N2O2/c1-3-26(4-2)16-23(20-7-5-6-8-24(20)32-26)29-25(31)19-11-13-30(14-12-19)17-18-9-10-21(27)22(28)15-18/h5-10,15,19,23H,3-4,11-14,16-17H2,1-2H3,(H,29,31). The summed E-state index contributed by atoms with van der Waals surface area (Å²) in [5, 5.41) is 4.54. The molecular weight excluding hydrogens is 443 g/mol. The highest BCUT2D eigenvalue weighted by atomic mass is 35.5. The number of para-hydroxylation sites is 1. The topological polar surface area (TPSA) is 41.6 Å². The molecule has 2 aromatic carbocycles. The van der Waals surface area contributed by atoms with Crippen LogP contribution in [0.2, 0.25) is 10.0 Å². The Bertz CT molecular complexity index is 953. The quantitative estimate of drug-likeness (QED) is 0.525. The summed E-state index contributed by atoms with van der Waals surface area (Å²) in [6.45, 7) is 6.96. The first-order valence-electron chi connectivity index (χ1n) is 11.7. The van der Waals surface area contributed by atoms with Crippen LogP contribution in [0.4, 0.5) is 0 Å². The maximum Gasteiger partial charge on any atom is 0.223 e. The molecule has 4 rings (SSSR count). The van der Waals surface area contributed by atoms with Crippen LogP contribution in [0.5, 0.6) is 5.75 Å². The van der Waals surface area contributed by atoms with E-state index < -0.39 is 0 Å². The average molecular weight is 475 g/mol. The molecule has 0 aromatic heterocycles. The van der Waals surface area contributed by atoms with Crippen LogP contribution in [0.25, 0.3) is 0 Å². The van der Waals surface area contributed by atoms with E-state index in [0.29, 0.717) is 10.0 Å². The van der Waals surface area contributed by atoms with E-state index in [9.17, 15) is 4.79 Å². The van der Waals surface area contributed by atoms with Gasteiger partial charge in [0.05, 0.1) is 16.1 Å². The second-order valence-corrected chi connectivity index (χ2v) is 9.91. The number of fused-ring (bicyclic) bond motifs is 1. The normalized spacial score (nSPS) is 20.9. The van der Waals surface area contributed by atoms with Gasteiger partial charge >= 0.3 is 0 Å². The molecule has 2 aliphatic rings. The predicted molar refractivity (Wildman–Crippen MR) is 130 cm³/mol. The molecular formula is C26H32Cl2N2O2. The van der Waals surface area contributed by atoms with Gasteiger partial charge in [-0.25, -0.2) is 0 Å². The lowest BCUT2D eigenvalue weighted by atomic mass is 9.83. The molecule has 1 amide bonds. The number of hydrogen-bond donors (Lipinski definition) is 1. The van der Waals surface area contributed by atoms with Crippen molar-refractivity contribution in [3.63, 3.8) is 0 Å². The highest BCUT2D eigenvalue weighted by molar-refractivity contribution is 6.42. The van der Waals surface area contributed by atoms with Crippen LogP contribution in [-0.4, -0.2) is 29.5 Å². The van der Waals surface area contributed by atoms with Crippen molar-refractivity contribution in [2.75, 3.05) is 13.1 Å². The van der Waals surface area contributed by atoms with Gasteiger partial charge in [-0.15, -0.1) is 0 Å². The first kappa shape index (κ1) is 23.4. The van der Waals surface area contributed by atoms with Crippen LogP contribution in [0.3, 0.4) is 0 Å². The number of hydrogen-bond acceptors (Lipinski definition) is 3. The van der Waals surface area contributed by atoms with E-state index >= 15 is 0 Å². The van der Waals surface area contributed by atoms with Crippen molar-refractivity contribution in [1.29, 1.82) is 0 Å². The maximum atomic E-state index is 13.2. The molecule has 0 bridgehead atoms. The zero-order valence-corrected chi connectivity index (χ0v) is 20.4. The molecule has 4 nitrogen and oxygen atoms in total. The van der Waals surface area contributed by atoms with Crippen molar-refractivity contribution in [3.8, 4) is 5.75 Å². The number of piperidine rings is 1. The SMILES string of the molecule is CCC1(CC)CC(NC(=O)C2CCN(Cc3ccc(Cl)c(Cl)c3)CC2)c2ccccc2O1. The number of benzene rings is 2. The van der Waals surface area contributed by atoms with Gasteiger partial charge in [-0.1, -0.05) is 61.3 Å². The monoisotopic (exact) mass is 474 g/mol. The Labute approximate surface area is 201 Å². The largest absolute Gasteiger partial charge is 0.487 e. The molecule has 0 aliphatic carbocycles. The summed E-state index contributed by atoms with van der Waals surface area (Å²) in [7, 11) is 0. The number of carbonyl (C=O) groups excluding carboxylic acids is 1. The molecule has 32 heavy (non-hydrogen) atoms. The number of amides is 1. The summed E-state index contributed by atoms with van der Waals surface area (Å²) < 4.78 is 6.39. The number of carbonyl (C=O) groups is 1. The minimum Gasteiger partial charge on any atom is -0.487 e. The minimum atomic E-state index is -0.213. The van der Waals surface area contributed by atoms with E-state index in [2.05, 4.69) is 30.1 Å². The zero-order chi connectivity index (χ0) is 22.7. The Morgan fingerprint density at radius 2 is 1.81 bits per heavy atom. The molecule has 1 atom stereocenters. The highest BCUT2D eigenvalue weighted by Gasteiger charge is 2.39. The van der Waals surface area contributed by atoms with E-state index in [1.54, 1.807) is 0 Å². The molecule has 1 saturated heterocycles. The molecule has 1 fully saturated rings. The molecule has 2 aliphatic heterocycles. The van der Waals surface area contributed by atoms with Crippen molar-refractivity contribution in [2.24, 2.45) is 5.92 Å². The summed E-state index contributed by atoms with van der Waals surface area (Å²) >= 11 is 12.2. The molecule has 6 heteroatoms. The molecule has 0 spiro atoms. The summed E-state index contributed by atoms with van der Waals surface area (Å²) in [6, 6.07) is 13.9. The highest BCUT2D eigenvalue weighted by Crippen LogP contribution is 2.42. The van der Waals surface area contributed by atoms with Crippen LogP contribution in [0.1, 0.15) is 63.1 Å². The van der Waals surface area contributed by atoms with Crippen molar-refractivity contribution in [1.82, 2.24) is 10.2 Å². The van der Waals surface area contributed by atoms with E-state index in [4.69, 9.17) is 27.9 Å². The van der Waals surface area contributed by atoms with Gasteiger partial charge in [-0.3, -0.25) is 9.69 Å². The van der Waals surface area contributed by atoms with E-state index in [-0.39, 0.29) is 23.5 Å². The van der Waals surface area contributed by atoms with Crippen molar-refractivity contribution in [3.05, 3.63) is 63.6 Å². The van der Waals surface area contributed by atoms with Crippen molar-refractivity contribution >= 4 is 29.1 Å². The number of nitrogens with zero attached hydrogens (tertiary/aromatic N) is 1. The summed E-state index contributed by atoms with van der Waals surface area (Å²) in [4.78, 5) is 15.6. The maximum absolute atomic E-state index is 13.2. The second-order valence-electron chi connectivity index (χ2n) is 9.09. The third-order valence-electron chi connectivity index (χ3n) is 7.15. The van der Waals surface area contributed by atoms with Crippen molar-refractivity contribution < 1.29 is 9.53 Å². The number of nitrogens with one attached hydrogen (secondary N) is 1. The van der Waals surface area contributed by atoms with E-state index in [1.807, 2.05) is 36.4 Å². The number of rotatable bonds is 6. The fourth-order valence-corrected chi connectivity index (χ4v) is 5.29. The average Bonchev–Trinajstić information content (AvgIpc) is 2.81. The Balaban J connectivity index is 1.37. The Hall–Kier alpha value is -1.75. The van der Waals surface area contributed by atoms with Crippen LogP contribution >= 0.6 is 23.2 Å². The second kappa shape index (κ2) is 10.0. The molecule has 0 radical (unpaired) electrons. The third kappa shape index (κ3) is 5.08. The summed E-state index contributed by atoms with van der Waals surface area (Å²) in [5.74, 6) is 1.12. The molecule has 1 N–H and O–H groups in total. The zero-order valence-electron chi connectivity index (χ0n) is 18.9. The fourth-order valence-electron chi connectivity index (χ4n) is 4.97. The van der Waals surface area contributed by atoms with Gasteiger partial charge in [0.2, 0.25) is 5.91 Å². The lowest BCUT2D eigenvalue weighted by Gasteiger charge is -2.42. The van der Waals surface area contributed by atoms with Gasteiger partial charge in [-0.05, 0) is 62.5 Å². The molecule has 2 aromatic rings. The lowest BCUT2D eigenvalue weighted by molar-refractivity contribution is -0.128. The molecule has 0 saturated carbocycles. The van der Waals surface area contributed by atoms with Crippen LogP contribution < -0.4 is 10.1 Å². The Morgan fingerprint density at radius 1 is 1.09 bits per heavy atom. The van der Waals surface area contributed by atoms with Crippen LogP contribution in [0, 0.1) is 5.92 Å². The fraction of sp³-hybridized carbons (Fsp3) is 0.500.